The lowest BCUT2D eigenvalue weighted by molar-refractivity contribution is -0.139. The van der Waals surface area contributed by atoms with E-state index in [1.807, 2.05) is 0 Å². The number of carbonyl (C=O) groups excluding carboxylic acids is 1. The number of ether oxygens (including phenoxy) is 1. The largest absolute Gasteiger partial charge is 0.469 e. The van der Waals surface area contributed by atoms with Gasteiger partial charge in [-0.15, -0.1) is 0 Å². The molecule has 64 valence electrons. The summed E-state index contributed by atoms with van der Waals surface area (Å²) < 4.78 is 4.47. The molecule has 0 atom stereocenters. The molecule has 0 unspecified atom stereocenters. The van der Waals surface area contributed by atoms with E-state index in [0.29, 0.717) is 11.5 Å². The highest BCUT2D eigenvalue weighted by molar-refractivity contribution is 5.71. The first kappa shape index (κ1) is 8.52. The zero-order chi connectivity index (χ0) is 8.97. The van der Waals surface area contributed by atoms with Crippen molar-refractivity contribution in [3.8, 4) is 0 Å². The number of esters is 1. The summed E-state index contributed by atoms with van der Waals surface area (Å²) in [6, 6.07) is 5.15. The van der Waals surface area contributed by atoms with Gasteiger partial charge < -0.3 is 10.5 Å². The molecule has 1 heterocycles. The number of anilines is 1. The normalized spacial score (nSPS) is 9.42. The van der Waals surface area contributed by atoms with Crippen molar-refractivity contribution in [1.29, 1.82) is 0 Å². The number of methoxy groups -OCH3 is 1. The number of nitrogens with zero attached hydrogens (tertiary/aromatic N) is 1. The first-order valence-corrected chi connectivity index (χ1v) is 3.50. The molecule has 0 aliphatic carbocycles. The van der Waals surface area contributed by atoms with Gasteiger partial charge in [0.15, 0.2) is 0 Å². The Bertz CT molecular complexity index is 286. The van der Waals surface area contributed by atoms with Crippen molar-refractivity contribution in [3.63, 3.8) is 0 Å². The molecule has 1 aromatic heterocycles. The van der Waals surface area contributed by atoms with Gasteiger partial charge in [0.05, 0.1) is 19.2 Å². The molecule has 2 N–H and O–H groups in total. The molecule has 0 aliphatic heterocycles. The lowest BCUT2D eigenvalue weighted by Gasteiger charge is -1.99. The van der Waals surface area contributed by atoms with E-state index >= 15 is 0 Å². The van der Waals surface area contributed by atoms with Gasteiger partial charge in [0, 0.05) is 0 Å². The number of aromatic nitrogens is 1. The predicted octanol–water partition coefficient (Wildman–Crippen LogP) is 0.379. The van der Waals surface area contributed by atoms with Crippen LogP contribution in [0, 0.1) is 0 Å². The molecule has 0 bridgehead atoms. The number of nitrogens with two attached hydrogens (primary N) is 1. The molecule has 1 rings (SSSR count). The van der Waals surface area contributed by atoms with Crippen LogP contribution in [-0.4, -0.2) is 18.1 Å². The molecule has 0 aromatic carbocycles. The Kier molecular flexibility index (Phi) is 2.63. The van der Waals surface area contributed by atoms with Crippen LogP contribution < -0.4 is 5.73 Å². The first-order valence-electron chi connectivity index (χ1n) is 3.50. The lowest BCUT2D eigenvalue weighted by atomic mass is 10.3. The van der Waals surface area contributed by atoms with Crippen LogP contribution in [0.5, 0.6) is 0 Å². The SMILES string of the molecule is COC(=O)Cc1cccc(N)n1. The van der Waals surface area contributed by atoms with Gasteiger partial charge in [0.1, 0.15) is 5.82 Å². The molecule has 12 heavy (non-hydrogen) atoms. The molecule has 0 amide bonds. The fourth-order valence-electron chi connectivity index (χ4n) is 0.817. The molecular weight excluding hydrogens is 156 g/mol. The van der Waals surface area contributed by atoms with Crippen LogP contribution >= 0.6 is 0 Å². The van der Waals surface area contributed by atoms with Crippen LogP contribution in [0.1, 0.15) is 5.69 Å². The predicted molar refractivity (Wildman–Crippen MR) is 44.4 cm³/mol. The summed E-state index contributed by atoms with van der Waals surface area (Å²) in [5, 5.41) is 0. The Balaban J connectivity index is 2.69. The van der Waals surface area contributed by atoms with Gasteiger partial charge in [-0.2, -0.15) is 0 Å². The second-order valence-corrected chi connectivity index (χ2v) is 2.31. The van der Waals surface area contributed by atoms with Gasteiger partial charge in [-0.1, -0.05) is 6.07 Å². The summed E-state index contributed by atoms with van der Waals surface area (Å²) in [6.07, 6.45) is 0.168. The summed E-state index contributed by atoms with van der Waals surface area (Å²) >= 11 is 0. The van der Waals surface area contributed by atoms with E-state index in [1.54, 1.807) is 18.2 Å². The Morgan fingerprint density at radius 3 is 3.00 bits per heavy atom. The quantitative estimate of drug-likeness (QED) is 0.645. The minimum absolute atomic E-state index is 0.168. The summed E-state index contributed by atoms with van der Waals surface area (Å²) in [4.78, 5) is 14.7. The number of hydrogen-bond acceptors (Lipinski definition) is 4. The van der Waals surface area contributed by atoms with Crippen LogP contribution in [0.2, 0.25) is 0 Å². The maximum atomic E-state index is 10.8. The van der Waals surface area contributed by atoms with E-state index in [-0.39, 0.29) is 12.4 Å². The maximum Gasteiger partial charge on any atom is 0.311 e. The summed E-state index contributed by atoms with van der Waals surface area (Å²) in [5.74, 6) is 0.101. The zero-order valence-electron chi connectivity index (χ0n) is 6.78. The molecular formula is C8H10N2O2. The van der Waals surface area contributed by atoms with Gasteiger partial charge in [-0.05, 0) is 12.1 Å². The van der Waals surface area contributed by atoms with Gasteiger partial charge in [0.25, 0.3) is 0 Å². The smallest absolute Gasteiger partial charge is 0.311 e. The van der Waals surface area contributed by atoms with Crippen molar-refractivity contribution >= 4 is 11.8 Å². The number of pyridine rings is 1. The Labute approximate surface area is 70.4 Å². The van der Waals surface area contributed by atoms with Gasteiger partial charge in [0.2, 0.25) is 0 Å². The number of nitrogen functional groups attached to an aromatic ring is 1. The monoisotopic (exact) mass is 166 g/mol. The van der Waals surface area contributed by atoms with Crippen molar-refractivity contribution in [3.05, 3.63) is 23.9 Å². The average molecular weight is 166 g/mol. The fourth-order valence-corrected chi connectivity index (χ4v) is 0.817. The van der Waals surface area contributed by atoms with Gasteiger partial charge >= 0.3 is 5.97 Å². The molecule has 0 radical (unpaired) electrons. The van der Waals surface area contributed by atoms with Crippen molar-refractivity contribution in [1.82, 2.24) is 4.98 Å². The second-order valence-electron chi connectivity index (χ2n) is 2.31. The van der Waals surface area contributed by atoms with Crippen molar-refractivity contribution in [2.45, 2.75) is 6.42 Å². The van der Waals surface area contributed by atoms with Crippen LogP contribution in [0.4, 0.5) is 5.82 Å². The molecule has 4 nitrogen and oxygen atoms in total. The topological polar surface area (TPSA) is 65.2 Å². The third kappa shape index (κ3) is 2.23. The summed E-state index contributed by atoms with van der Waals surface area (Å²) in [6.45, 7) is 0. The number of rotatable bonds is 2. The van der Waals surface area contributed by atoms with Crippen molar-refractivity contribution < 1.29 is 9.53 Å². The van der Waals surface area contributed by atoms with Crippen LogP contribution in [0.25, 0.3) is 0 Å². The molecule has 4 heteroatoms. The Morgan fingerprint density at radius 2 is 2.42 bits per heavy atom. The van der Waals surface area contributed by atoms with Crippen LogP contribution in [-0.2, 0) is 16.0 Å². The van der Waals surface area contributed by atoms with Gasteiger partial charge in [-0.25, -0.2) is 4.98 Å². The second kappa shape index (κ2) is 3.71. The lowest BCUT2D eigenvalue weighted by Crippen LogP contribution is -2.06. The number of hydrogen-bond donors (Lipinski definition) is 1. The van der Waals surface area contributed by atoms with E-state index in [1.165, 1.54) is 7.11 Å². The maximum absolute atomic E-state index is 10.8. The molecule has 0 fully saturated rings. The van der Waals surface area contributed by atoms with Crippen molar-refractivity contribution in [2.24, 2.45) is 0 Å². The average Bonchev–Trinajstić information content (AvgIpc) is 2.04. The molecule has 0 aliphatic rings. The van der Waals surface area contributed by atoms with Crippen LogP contribution in [0.3, 0.4) is 0 Å². The third-order valence-corrected chi connectivity index (χ3v) is 1.38. The summed E-state index contributed by atoms with van der Waals surface area (Å²) in [7, 11) is 1.34. The molecule has 0 saturated carbocycles. The minimum Gasteiger partial charge on any atom is -0.469 e. The molecule has 0 spiro atoms. The van der Waals surface area contributed by atoms with E-state index < -0.39 is 0 Å². The van der Waals surface area contributed by atoms with E-state index in [2.05, 4.69) is 9.72 Å². The van der Waals surface area contributed by atoms with E-state index in [4.69, 9.17) is 5.73 Å². The molecule has 1 aromatic rings. The highest BCUT2D eigenvalue weighted by atomic mass is 16.5. The van der Waals surface area contributed by atoms with Crippen molar-refractivity contribution in [2.75, 3.05) is 12.8 Å². The molecule has 0 saturated heterocycles. The Hall–Kier alpha value is -1.58. The highest BCUT2D eigenvalue weighted by Crippen LogP contribution is 2.01. The highest BCUT2D eigenvalue weighted by Gasteiger charge is 2.03. The summed E-state index contributed by atoms with van der Waals surface area (Å²) in [5.41, 5.74) is 6.04. The first-order chi connectivity index (χ1) is 5.72. The third-order valence-electron chi connectivity index (χ3n) is 1.38. The van der Waals surface area contributed by atoms with Gasteiger partial charge in [-0.3, -0.25) is 4.79 Å². The van der Waals surface area contributed by atoms with E-state index in [0.717, 1.165) is 0 Å². The van der Waals surface area contributed by atoms with Crippen LogP contribution in [0.15, 0.2) is 18.2 Å². The Morgan fingerprint density at radius 1 is 1.67 bits per heavy atom. The fraction of sp³-hybridized carbons (Fsp3) is 0.250. The standard InChI is InChI=1S/C8H10N2O2/c1-12-8(11)5-6-3-2-4-7(9)10-6/h2-4H,5H2,1H3,(H2,9,10). The van der Waals surface area contributed by atoms with E-state index in [9.17, 15) is 4.79 Å². The minimum atomic E-state index is -0.312. The zero-order valence-corrected chi connectivity index (χ0v) is 6.78. The number of carbonyl (C=O) groups is 1.